The summed E-state index contributed by atoms with van der Waals surface area (Å²) < 4.78 is 15.7. The second kappa shape index (κ2) is 6.49. The van der Waals surface area contributed by atoms with E-state index in [0.29, 0.717) is 11.5 Å². The molecule has 3 nitrogen and oxygen atoms in total. The van der Waals surface area contributed by atoms with E-state index in [0.717, 1.165) is 19.5 Å². The van der Waals surface area contributed by atoms with Crippen LogP contribution in [0, 0.1) is 5.41 Å². The first kappa shape index (κ1) is 14.5. The Kier molecular flexibility index (Phi) is 5.22. The van der Waals surface area contributed by atoms with Gasteiger partial charge in [0.05, 0.1) is 11.0 Å². The summed E-state index contributed by atoms with van der Waals surface area (Å²) in [4.78, 5) is 0. The molecule has 2 N–H and O–H groups in total. The van der Waals surface area contributed by atoms with E-state index in [-0.39, 0.29) is 5.25 Å². The molecule has 106 valence electrons. The highest BCUT2D eigenvalue weighted by molar-refractivity contribution is 7.83. The van der Waals surface area contributed by atoms with Crippen LogP contribution in [0.25, 0.3) is 0 Å². The molecule has 0 aromatic rings. The van der Waals surface area contributed by atoms with Crippen LogP contribution in [0.3, 0.4) is 0 Å². The van der Waals surface area contributed by atoms with Gasteiger partial charge in [-0.05, 0) is 57.5 Å². The minimum absolute atomic E-state index is 0.269. The lowest BCUT2D eigenvalue weighted by Gasteiger charge is -2.47. The SMILES string of the molecule is CCC(C)S(=O)N[C@@H]1CCCCC12CCNCC2. The Morgan fingerprint density at radius 3 is 2.72 bits per heavy atom. The Hall–Kier alpha value is 0.0700. The fourth-order valence-corrected chi connectivity index (χ4v) is 4.60. The first-order valence-electron chi connectivity index (χ1n) is 7.55. The molecule has 2 aliphatic rings. The van der Waals surface area contributed by atoms with Crippen LogP contribution in [0.15, 0.2) is 0 Å². The molecule has 0 bridgehead atoms. The van der Waals surface area contributed by atoms with E-state index in [1.807, 2.05) is 0 Å². The van der Waals surface area contributed by atoms with Gasteiger partial charge in [-0.15, -0.1) is 0 Å². The van der Waals surface area contributed by atoms with E-state index >= 15 is 0 Å². The van der Waals surface area contributed by atoms with Crippen LogP contribution in [0.5, 0.6) is 0 Å². The Balaban J connectivity index is 2.01. The summed E-state index contributed by atoms with van der Waals surface area (Å²) >= 11 is 0. The fraction of sp³-hybridized carbons (Fsp3) is 1.00. The van der Waals surface area contributed by atoms with E-state index in [1.54, 1.807) is 0 Å². The first-order chi connectivity index (χ1) is 8.68. The average Bonchev–Trinajstić information content (AvgIpc) is 2.41. The third-order valence-electron chi connectivity index (χ3n) is 4.95. The maximum absolute atomic E-state index is 12.3. The van der Waals surface area contributed by atoms with Crippen molar-refractivity contribution in [3.05, 3.63) is 0 Å². The van der Waals surface area contributed by atoms with Gasteiger partial charge in [0.2, 0.25) is 0 Å². The quantitative estimate of drug-likeness (QED) is 0.825. The molecular formula is C14H28N2OS. The van der Waals surface area contributed by atoms with Gasteiger partial charge in [0.25, 0.3) is 0 Å². The summed E-state index contributed by atoms with van der Waals surface area (Å²) in [6, 6.07) is 0.475. The molecule has 1 saturated heterocycles. The molecule has 1 heterocycles. The molecule has 2 rings (SSSR count). The standard InChI is InChI=1S/C14H28N2OS/c1-3-12(2)18(17)16-13-6-4-5-7-14(13)8-10-15-11-9-14/h12-13,15-16H,3-11H2,1-2H3/t12?,13-,18?/m1/s1. The molecule has 0 aromatic carbocycles. The molecule has 0 radical (unpaired) electrons. The highest BCUT2D eigenvalue weighted by Crippen LogP contribution is 2.43. The number of piperidine rings is 1. The molecule has 1 aliphatic heterocycles. The Bertz CT molecular complexity index is 281. The lowest BCUT2D eigenvalue weighted by atomic mass is 9.65. The maximum atomic E-state index is 12.3. The van der Waals surface area contributed by atoms with Crippen molar-refractivity contribution in [1.82, 2.24) is 10.0 Å². The molecule has 2 fully saturated rings. The van der Waals surface area contributed by atoms with Crippen LogP contribution in [0.1, 0.15) is 58.8 Å². The van der Waals surface area contributed by atoms with Gasteiger partial charge in [0.15, 0.2) is 0 Å². The largest absolute Gasteiger partial charge is 0.317 e. The lowest BCUT2D eigenvalue weighted by molar-refractivity contribution is 0.0962. The molecule has 1 saturated carbocycles. The van der Waals surface area contributed by atoms with E-state index in [9.17, 15) is 4.21 Å². The summed E-state index contributed by atoms with van der Waals surface area (Å²) in [7, 11) is -0.860. The molecule has 18 heavy (non-hydrogen) atoms. The monoisotopic (exact) mass is 272 g/mol. The molecular weight excluding hydrogens is 244 g/mol. The van der Waals surface area contributed by atoms with Gasteiger partial charge in [-0.25, -0.2) is 8.93 Å². The topological polar surface area (TPSA) is 41.1 Å². The van der Waals surface area contributed by atoms with Crippen LogP contribution >= 0.6 is 0 Å². The van der Waals surface area contributed by atoms with Crippen LogP contribution < -0.4 is 10.0 Å². The van der Waals surface area contributed by atoms with Crippen molar-refractivity contribution >= 4 is 11.0 Å². The normalized spacial score (nSPS) is 31.1. The number of rotatable bonds is 4. The average molecular weight is 272 g/mol. The third kappa shape index (κ3) is 3.14. The van der Waals surface area contributed by atoms with E-state index in [2.05, 4.69) is 23.9 Å². The third-order valence-corrected chi connectivity index (χ3v) is 6.54. The zero-order valence-corrected chi connectivity index (χ0v) is 12.7. The van der Waals surface area contributed by atoms with Crippen molar-refractivity contribution in [2.24, 2.45) is 5.41 Å². The van der Waals surface area contributed by atoms with Gasteiger partial charge in [-0.3, -0.25) is 0 Å². The predicted molar refractivity (Wildman–Crippen MR) is 77.8 cm³/mol. The summed E-state index contributed by atoms with van der Waals surface area (Å²) in [6.07, 6.45) is 8.68. The van der Waals surface area contributed by atoms with Gasteiger partial charge in [0, 0.05) is 11.3 Å². The van der Waals surface area contributed by atoms with Crippen molar-refractivity contribution in [2.45, 2.75) is 70.1 Å². The predicted octanol–water partition coefficient (Wildman–Crippen LogP) is 2.35. The molecule has 0 amide bonds. The summed E-state index contributed by atoms with van der Waals surface area (Å²) in [5, 5.41) is 3.73. The smallest absolute Gasteiger partial charge is 0.0946 e. The van der Waals surface area contributed by atoms with Crippen molar-refractivity contribution in [3.8, 4) is 0 Å². The van der Waals surface area contributed by atoms with Crippen molar-refractivity contribution in [2.75, 3.05) is 13.1 Å². The van der Waals surface area contributed by atoms with E-state index < -0.39 is 11.0 Å². The minimum Gasteiger partial charge on any atom is -0.317 e. The second-order valence-electron chi connectivity index (χ2n) is 6.04. The van der Waals surface area contributed by atoms with Crippen LogP contribution in [-0.4, -0.2) is 28.6 Å². The molecule has 3 atom stereocenters. The van der Waals surface area contributed by atoms with Crippen molar-refractivity contribution < 1.29 is 4.21 Å². The van der Waals surface area contributed by atoms with Crippen LogP contribution in [0.2, 0.25) is 0 Å². The highest BCUT2D eigenvalue weighted by atomic mass is 32.2. The van der Waals surface area contributed by atoms with Gasteiger partial charge < -0.3 is 5.32 Å². The lowest BCUT2D eigenvalue weighted by Crippen LogP contribution is -2.53. The maximum Gasteiger partial charge on any atom is 0.0946 e. The zero-order valence-electron chi connectivity index (χ0n) is 11.8. The molecule has 0 aromatic heterocycles. The van der Waals surface area contributed by atoms with Gasteiger partial charge >= 0.3 is 0 Å². The summed E-state index contributed by atoms with van der Waals surface area (Å²) in [5.74, 6) is 0. The number of nitrogens with one attached hydrogen (secondary N) is 2. The zero-order chi connectivity index (χ0) is 13.0. The molecule has 1 aliphatic carbocycles. The Morgan fingerprint density at radius 1 is 1.33 bits per heavy atom. The number of hydrogen-bond donors (Lipinski definition) is 2. The number of hydrogen-bond acceptors (Lipinski definition) is 2. The van der Waals surface area contributed by atoms with Crippen molar-refractivity contribution in [1.29, 1.82) is 0 Å². The van der Waals surface area contributed by atoms with Crippen LogP contribution in [-0.2, 0) is 11.0 Å². The fourth-order valence-electron chi connectivity index (χ4n) is 3.42. The molecule has 4 heteroatoms. The Labute approximate surface area is 114 Å². The summed E-state index contributed by atoms with van der Waals surface area (Å²) in [5.41, 5.74) is 0.423. The molecule has 1 spiro atoms. The van der Waals surface area contributed by atoms with Gasteiger partial charge in [0.1, 0.15) is 0 Å². The van der Waals surface area contributed by atoms with Crippen LogP contribution in [0.4, 0.5) is 0 Å². The van der Waals surface area contributed by atoms with Gasteiger partial charge in [-0.1, -0.05) is 19.8 Å². The molecule has 2 unspecified atom stereocenters. The highest BCUT2D eigenvalue weighted by Gasteiger charge is 2.42. The summed E-state index contributed by atoms with van der Waals surface area (Å²) in [6.45, 7) is 6.47. The Morgan fingerprint density at radius 2 is 2.06 bits per heavy atom. The second-order valence-corrected chi connectivity index (χ2v) is 7.68. The van der Waals surface area contributed by atoms with E-state index in [1.165, 1.54) is 38.5 Å². The minimum atomic E-state index is -0.860. The van der Waals surface area contributed by atoms with E-state index in [4.69, 9.17) is 0 Å². The van der Waals surface area contributed by atoms with Crippen molar-refractivity contribution in [3.63, 3.8) is 0 Å². The van der Waals surface area contributed by atoms with Gasteiger partial charge in [-0.2, -0.15) is 0 Å². The first-order valence-corrected chi connectivity index (χ1v) is 8.77.